The lowest BCUT2D eigenvalue weighted by Crippen LogP contribution is -2.12. The van der Waals surface area contributed by atoms with Gasteiger partial charge < -0.3 is 4.84 Å². The molecule has 2 N–H and O–H groups in total. The zero-order valence-electron chi connectivity index (χ0n) is 6.39. The average molecular weight is 143 g/mol. The average Bonchev–Trinajstić information content (AvgIpc) is 1.85. The van der Waals surface area contributed by atoms with Crippen molar-refractivity contribution in [3.63, 3.8) is 0 Å². The van der Waals surface area contributed by atoms with E-state index in [1.165, 1.54) is 0 Å². The van der Waals surface area contributed by atoms with Gasteiger partial charge in [-0.1, -0.05) is 20.4 Å². The van der Waals surface area contributed by atoms with Gasteiger partial charge in [0.1, 0.15) is 0 Å². The Bertz CT molecular complexity index is 141. The normalized spacial score (nSPS) is 9.60. The summed E-state index contributed by atoms with van der Waals surface area (Å²) in [4.78, 5) is 14.6. The summed E-state index contributed by atoms with van der Waals surface area (Å²) in [6.45, 7) is 7.50. The molecule has 0 aliphatic carbocycles. The highest BCUT2D eigenvalue weighted by atomic mass is 16.7. The molecule has 0 aromatic carbocycles. The summed E-state index contributed by atoms with van der Waals surface area (Å²) in [6, 6.07) is 0. The Morgan fingerprint density at radius 2 is 2.20 bits per heavy atom. The largest absolute Gasteiger partial charge is 0.370 e. The van der Waals surface area contributed by atoms with Gasteiger partial charge in [0.05, 0.1) is 0 Å². The highest BCUT2D eigenvalue weighted by molar-refractivity contribution is 5.87. The standard InChI is InChI=1S/C7H13NO2/c1-5(2)4-6(3)7(9)10-8/h5H,3-4,8H2,1-2H3. The molecule has 0 saturated carbocycles. The molecule has 0 aliphatic rings. The van der Waals surface area contributed by atoms with E-state index in [0.29, 0.717) is 17.9 Å². The van der Waals surface area contributed by atoms with Crippen LogP contribution >= 0.6 is 0 Å². The van der Waals surface area contributed by atoms with Crippen LogP contribution in [0.25, 0.3) is 0 Å². The van der Waals surface area contributed by atoms with Crippen molar-refractivity contribution in [2.75, 3.05) is 0 Å². The molecule has 0 amide bonds. The van der Waals surface area contributed by atoms with E-state index in [1.54, 1.807) is 0 Å². The minimum Gasteiger partial charge on any atom is -0.370 e. The van der Waals surface area contributed by atoms with E-state index >= 15 is 0 Å². The Labute approximate surface area is 60.8 Å². The second kappa shape index (κ2) is 4.06. The Hall–Kier alpha value is -0.830. The van der Waals surface area contributed by atoms with E-state index < -0.39 is 5.97 Å². The monoisotopic (exact) mass is 143 g/mol. The quantitative estimate of drug-likeness (QED) is 0.473. The third-order valence-electron chi connectivity index (χ3n) is 1.05. The molecule has 0 bridgehead atoms. The third-order valence-corrected chi connectivity index (χ3v) is 1.05. The van der Waals surface area contributed by atoms with Crippen LogP contribution in [0, 0.1) is 5.92 Å². The van der Waals surface area contributed by atoms with Crippen LogP contribution in [-0.2, 0) is 9.63 Å². The number of hydrogen-bond acceptors (Lipinski definition) is 3. The molecule has 0 aliphatic heterocycles. The zero-order valence-corrected chi connectivity index (χ0v) is 6.39. The predicted octanol–water partition coefficient (Wildman–Crippen LogP) is 1.01. The van der Waals surface area contributed by atoms with E-state index in [4.69, 9.17) is 0 Å². The van der Waals surface area contributed by atoms with Gasteiger partial charge in [-0.05, 0) is 12.3 Å². The summed E-state index contributed by atoms with van der Waals surface area (Å²) in [5, 5.41) is 0. The van der Waals surface area contributed by atoms with Crippen molar-refractivity contribution in [2.45, 2.75) is 20.3 Å². The molecule has 0 heterocycles. The van der Waals surface area contributed by atoms with Crippen molar-refractivity contribution >= 4 is 5.97 Å². The lowest BCUT2D eigenvalue weighted by Gasteiger charge is -2.04. The molecule has 0 unspecified atom stereocenters. The minimum atomic E-state index is -0.520. The van der Waals surface area contributed by atoms with Gasteiger partial charge in [-0.2, -0.15) is 5.90 Å². The maximum absolute atomic E-state index is 10.6. The van der Waals surface area contributed by atoms with Gasteiger partial charge in [-0.25, -0.2) is 4.79 Å². The van der Waals surface area contributed by atoms with Crippen molar-refractivity contribution in [1.82, 2.24) is 0 Å². The van der Waals surface area contributed by atoms with Gasteiger partial charge in [-0.15, -0.1) is 0 Å². The second-order valence-corrected chi connectivity index (χ2v) is 2.61. The smallest absolute Gasteiger partial charge is 0.351 e. The predicted molar refractivity (Wildman–Crippen MR) is 38.9 cm³/mol. The maximum atomic E-state index is 10.6. The first-order valence-corrected chi connectivity index (χ1v) is 3.16. The molecule has 58 valence electrons. The van der Waals surface area contributed by atoms with Crippen LogP contribution in [0.15, 0.2) is 12.2 Å². The fourth-order valence-electron chi connectivity index (χ4n) is 0.659. The molecule has 0 radical (unpaired) electrons. The van der Waals surface area contributed by atoms with Gasteiger partial charge in [0, 0.05) is 5.57 Å². The minimum absolute atomic E-state index is 0.409. The molecule has 3 nitrogen and oxygen atoms in total. The van der Waals surface area contributed by atoms with Crippen LogP contribution in [0.4, 0.5) is 0 Å². The highest BCUT2D eigenvalue weighted by Gasteiger charge is 2.07. The Kier molecular flexibility index (Phi) is 3.72. The number of hydrogen-bond donors (Lipinski definition) is 1. The van der Waals surface area contributed by atoms with Gasteiger partial charge in [0.25, 0.3) is 0 Å². The highest BCUT2D eigenvalue weighted by Crippen LogP contribution is 2.08. The Morgan fingerprint density at radius 3 is 2.50 bits per heavy atom. The SMILES string of the molecule is C=C(CC(C)C)C(=O)ON. The fourth-order valence-corrected chi connectivity index (χ4v) is 0.659. The summed E-state index contributed by atoms with van der Waals surface area (Å²) in [5.74, 6) is 4.53. The second-order valence-electron chi connectivity index (χ2n) is 2.61. The first-order valence-electron chi connectivity index (χ1n) is 3.16. The molecule has 0 rings (SSSR count). The van der Waals surface area contributed by atoms with E-state index in [1.807, 2.05) is 13.8 Å². The van der Waals surface area contributed by atoms with Crippen molar-refractivity contribution in [3.05, 3.63) is 12.2 Å². The maximum Gasteiger partial charge on any atom is 0.351 e. The summed E-state index contributed by atoms with van der Waals surface area (Å²) < 4.78 is 0. The molecule has 0 aromatic heterocycles. The molecule has 0 aromatic rings. The van der Waals surface area contributed by atoms with Crippen LogP contribution in [0.5, 0.6) is 0 Å². The fraction of sp³-hybridized carbons (Fsp3) is 0.571. The van der Waals surface area contributed by atoms with Crippen molar-refractivity contribution in [3.8, 4) is 0 Å². The van der Waals surface area contributed by atoms with Gasteiger partial charge >= 0.3 is 5.97 Å². The molecule has 0 fully saturated rings. The van der Waals surface area contributed by atoms with Crippen molar-refractivity contribution < 1.29 is 9.63 Å². The number of rotatable bonds is 3. The van der Waals surface area contributed by atoms with Gasteiger partial charge in [-0.3, -0.25) is 0 Å². The van der Waals surface area contributed by atoms with Gasteiger partial charge in [0.2, 0.25) is 0 Å². The van der Waals surface area contributed by atoms with Crippen molar-refractivity contribution in [2.24, 2.45) is 11.8 Å². The van der Waals surface area contributed by atoms with Crippen LogP contribution < -0.4 is 5.90 Å². The third kappa shape index (κ3) is 3.25. The molecule has 10 heavy (non-hydrogen) atoms. The number of carbonyl (C=O) groups is 1. The summed E-state index contributed by atoms with van der Waals surface area (Å²) in [7, 11) is 0. The Morgan fingerprint density at radius 1 is 1.70 bits per heavy atom. The van der Waals surface area contributed by atoms with E-state index in [-0.39, 0.29) is 0 Å². The molecule has 0 saturated heterocycles. The van der Waals surface area contributed by atoms with Crippen LogP contribution in [0.3, 0.4) is 0 Å². The topological polar surface area (TPSA) is 52.3 Å². The van der Waals surface area contributed by atoms with E-state index in [0.717, 1.165) is 0 Å². The van der Waals surface area contributed by atoms with Crippen molar-refractivity contribution in [1.29, 1.82) is 0 Å². The van der Waals surface area contributed by atoms with Crippen LogP contribution in [0.1, 0.15) is 20.3 Å². The summed E-state index contributed by atoms with van der Waals surface area (Å²) in [6.07, 6.45) is 0.635. The zero-order chi connectivity index (χ0) is 8.15. The number of nitrogens with two attached hydrogens (primary N) is 1. The summed E-state index contributed by atoms with van der Waals surface area (Å²) >= 11 is 0. The molecule has 0 atom stereocenters. The van der Waals surface area contributed by atoms with E-state index in [2.05, 4.69) is 17.3 Å². The van der Waals surface area contributed by atoms with Crippen LogP contribution in [0.2, 0.25) is 0 Å². The Balaban J connectivity index is 3.74. The summed E-state index contributed by atoms with van der Waals surface area (Å²) in [5.41, 5.74) is 0.428. The lowest BCUT2D eigenvalue weighted by atomic mass is 10.1. The lowest BCUT2D eigenvalue weighted by molar-refractivity contribution is -0.139. The molecular formula is C7H13NO2. The van der Waals surface area contributed by atoms with E-state index in [9.17, 15) is 4.79 Å². The number of carbonyl (C=O) groups excluding carboxylic acids is 1. The molecule has 3 heteroatoms. The molecule has 0 spiro atoms. The van der Waals surface area contributed by atoms with Gasteiger partial charge in [0.15, 0.2) is 0 Å². The first-order chi connectivity index (χ1) is 4.57. The first kappa shape index (κ1) is 9.17. The van der Waals surface area contributed by atoms with Crippen LogP contribution in [-0.4, -0.2) is 5.97 Å². The molecular weight excluding hydrogens is 130 g/mol.